The third kappa shape index (κ3) is 3.46. The summed E-state index contributed by atoms with van der Waals surface area (Å²) < 4.78 is 5.13. The van der Waals surface area contributed by atoms with Crippen molar-refractivity contribution in [1.29, 1.82) is 0 Å². The highest BCUT2D eigenvalue weighted by molar-refractivity contribution is 5.67. The SMILES string of the molecule is CN[C@H]1C[C@@H](NC(=O)OCc2ccccc2)C1. The summed E-state index contributed by atoms with van der Waals surface area (Å²) in [5.41, 5.74) is 1.00. The molecule has 0 aliphatic heterocycles. The lowest BCUT2D eigenvalue weighted by atomic mass is 9.87. The van der Waals surface area contributed by atoms with Gasteiger partial charge in [0.1, 0.15) is 6.61 Å². The lowest BCUT2D eigenvalue weighted by Crippen LogP contribution is -2.51. The van der Waals surface area contributed by atoms with E-state index in [1.807, 2.05) is 37.4 Å². The zero-order valence-electron chi connectivity index (χ0n) is 9.98. The van der Waals surface area contributed by atoms with Crippen LogP contribution in [0.3, 0.4) is 0 Å². The van der Waals surface area contributed by atoms with Crippen LogP contribution in [0.25, 0.3) is 0 Å². The van der Waals surface area contributed by atoms with Gasteiger partial charge in [-0.2, -0.15) is 0 Å². The summed E-state index contributed by atoms with van der Waals surface area (Å²) in [6.45, 7) is 0.328. The van der Waals surface area contributed by atoms with Gasteiger partial charge in [-0.3, -0.25) is 0 Å². The molecule has 0 spiro atoms. The summed E-state index contributed by atoms with van der Waals surface area (Å²) in [6.07, 6.45) is 1.64. The van der Waals surface area contributed by atoms with Gasteiger partial charge in [-0.05, 0) is 25.5 Å². The molecule has 92 valence electrons. The molecule has 17 heavy (non-hydrogen) atoms. The van der Waals surface area contributed by atoms with E-state index in [9.17, 15) is 4.79 Å². The highest BCUT2D eigenvalue weighted by atomic mass is 16.5. The first-order chi connectivity index (χ1) is 8.28. The molecule has 1 amide bonds. The maximum absolute atomic E-state index is 11.5. The van der Waals surface area contributed by atoms with Gasteiger partial charge >= 0.3 is 6.09 Å². The molecule has 1 aromatic rings. The summed E-state index contributed by atoms with van der Waals surface area (Å²) >= 11 is 0. The van der Waals surface area contributed by atoms with Crippen molar-refractivity contribution < 1.29 is 9.53 Å². The molecule has 0 saturated heterocycles. The van der Waals surface area contributed by atoms with Crippen LogP contribution in [0.2, 0.25) is 0 Å². The molecule has 4 heteroatoms. The van der Waals surface area contributed by atoms with Crippen molar-refractivity contribution in [2.45, 2.75) is 31.5 Å². The van der Waals surface area contributed by atoms with E-state index in [1.54, 1.807) is 0 Å². The van der Waals surface area contributed by atoms with Crippen LogP contribution >= 0.6 is 0 Å². The van der Waals surface area contributed by atoms with Crippen molar-refractivity contribution in [3.8, 4) is 0 Å². The topological polar surface area (TPSA) is 50.4 Å². The largest absolute Gasteiger partial charge is 0.445 e. The number of carbonyl (C=O) groups excluding carboxylic acids is 1. The number of hydrogen-bond donors (Lipinski definition) is 2. The fourth-order valence-electron chi connectivity index (χ4n) is 1.90. The van der Waals surface area contributed by atoms with E-state index in [2.05, 4.69) is 10.6 Å². The van der Waals surface area contributed by atoms with Crippen molar-refractivity contribution in [2.75, 3.05) is 7.05 Å². The van der Waals surface area contributed by atoms with E-state index in [4.69, 9.17) is 4.74 Å². The first kappa shape index (κ1) is 11.9. The van der Waals surface area contributed by atoms with Crippen molar-refractivity contribution in [3.63, 3.8) is 0 Å². The Morgan fingerprint density at radius 3 is 2.65 bits per heavy atom. The lowest BCUT2D eigenvalue weighted by Gasteiger charge is -2.35. The van der Waals surface area contributed by atoms with Gasteiger partial charge in [-0.15, -0.1) is 0 Å². The zero-order chi connectivity index (χ0) is 12.1. The van der Waals surface area contributed by atoms with Crippen molar-refractivity contribution in [3.05, 3.63) is 35.9 Å². The molecule has 2 rings (SSSR count). The molecule has 1 aromatic carbocycles. The average Bonchev–Trinajstić information content (AvgIpc) is 2.32. The smallest absolute Gasteiger partial charge is 0.407 e. The predicted octanol–water partition coefficient (Wildman–Crippen LogP) is 1.66. The van der Waals surface area contributed by atoms with Gasteiger partial charge in [0.05, 0.1) is 0 Å². The van der Waals surface area contributed by atoms with Crippen LogP contribution in [-0.2, 0) is 11.3 Å². The minimum atomic E-state index is -0.326. The fourth-order valence-corrected chi connectivity index (χ4v) is 1.90. The molecule has 0 bridgehead atoms. The number of nitrogens with one attached hydrogen (secondary N) is 2. The normalized spacial score (nSPS) is 22.6. The standard InChI is InChI=1S/C13H18N2O2/c1-14-11-7-12(8-11)15-13(16)17-9-10-5-3-2-4-6-10/h2-6,11-12,14H,7-9H2,1H3,(H,15,16)/t11-,12+. The quantitative estimate of drug-likeness (QED) is 0.833. The van der Waals surface area contributed by atoms with Crippen molar-refractivity contribution in [1.82, 2.24) is 10.6 Å². The number of rotatable bonds is 4. The highest BCUT2D eigenvalue weighted by Gasteiger charge is 2.29. The summed E-state index contributed by atoms with van der Waals surface area (Å²) in [5, 5.41) is 6.02. The third-order valence-corrected chi connectivity index (χ3v) is 3.08. The summed E-state index contributed by atoms with van der Waals surface area (Å²) in [4.78, 5) is 11.5. The summed E-state index contributed by atoms with van der Waals surface area (Å²) in [6, 6.07) is 10.5. The molecule has 4 nitrogen and oxygen atoms in total. The van der Waals surface area contributed by atoms with Crippen LogP contribution in [0.4, 0.5) is 4.79 Å². The molecular formula is C13H18N2O2. The monoisotopic (exact) mass is 234 g/mol. The van der Waals surface area contributed by atoms with E-state index >= 15 is 0 Å². The van der Waals surface area contributed by atoms with Gasteiger partial charge in [-0.1, -0.05) is 30.3 Å². The minimum Gasteiger partial charge on any atom is -0.445 e. The molecular weight excluding hydrogens is 216 g/mol. The average molecular weight is 234 g/mol. The van der Waals surface area contributed by atoms with Gasteiger partial charge in [0.15, 0.2) is 0 Å². The molecule has 1 aliphatic carbocycles. The van der Waals surface area contributed by atoms with E-state index in [1.165, 1.54) is 0 Å². The van der Waals surface area contributed by atoms with Gasteiger partial charge in [0, 0.05) is 12.1 Å². The van der Waals surface area contributed by atoms with Gasteiger partial charge in [-0.25, -0.2) is 4.79 Å². The zero-order valence-corrected chi connectivity index (χ0v) is 9.98. The molecule has 1 aliphatic rings. The van der Waals surface area contributed by atoms with Crippen LogP contribution in [0, 0.1) is 0 Å². The number of ether oxygens (including phenoxy) is 1. The summed E-state index contributed by atoms with van der Waals surface area (Å²) in [7, 11) is 1.94. The van der Waals surface area contributed by atoms with Crippen LogP contribution < -0.4 is 10.6 Å². The summed E-state index contributed by atoms with van der Waals surface area (Å²) in [5.74, 6) is 0. The minimum absolute atomic E-state index is 0.260. The Labute approximate surface area is 101 Å². The number of benzene rings is 1. The second-order valence-electron chi connectivity index (χ2n) is 4.36. The van der Waals surface area contributed by atoms with E-state index in [0.717, 1.165) is 18.4 Å². The fraction of sp³-hybridized carbons (Fsp3) is 0.462. The second-order valence-corrected chi connectivity index (χ2v) is 4.36. The molecule has 0 atom stereocenters. The molecule has 0 radical (unpaired) electrons. The number of hydrogen-bond acceptors (Lipinski definition) is 3. The Balaban J connectivity index is 1.65. The Hall–Kier alpha value is -1.55. The molecule has 2 N–H and O–H groups in total. The predicted molar refractivity (Wildman–Crippen MR) is 65.6 cm³/mol. The molecule has 1 fully saturated rings. The molecule has 1 saturated carbocycles. The number of carbonyl (C=O) groups is 1. The van der Waals surface area contributed by atoms with Crippen LogP contribution in [0.1, 0.15) is 18.4 Å². The number of alkyl carbamates (subject to hydrolysis) is 1. The maximum Gasteiger partial charge on any atom is 0.407 e. The Morgan fingerprint density at radius 2 is 2.00 bits per heavy atom. The van der Waals surface area contributed by atoms with Gasteiger partial charge in [0.25, 0.3) is 0 Å². The maximum atomic E-state index is 11.5. The van der Waals surface area contributed by atoms with Crippen LogP contribution in [-0.4, -0.2) is 25.2 Å². The molecule has 0 heterocycles. The van der Waals surface area contributed by atoms with Gasteiger partial charge in [0.2, 0.25) is 0 Å². The van der Waals surface area contributed by atoms with Crippen molar-refractivity contribution >= 4 is 6.09 Å². The Bertz CT molecular complexity index is 361. The second kappa shape index (κ2) is 5.68. The Morgan fingerprint density at radius 1 is 1.29 bits per heavy atom. The van der Waals surface area contributed by atoms with E-state index < -0.39 is 0 Å². The lowest BCUT2D eigenvalue weighted by molar-refractivity contribution is 0.126. The van der Waals surface area contributed by atoms with Crippen molar-refractivity contribution in [2.24, 2.45) is 0 Å². The first-order valence-corrected chi connectivity index (χ1v) is 5.92. The third-order valence-electron chi connectivity index (χ3n) is 3.08. The van der Waals surface area contributed by atoms with Crippen LogP contribution in [0.15, 0.2) is 30.3 Å². The highest BCUT2D eigenvalue weighted by Crippen LogP contribution is 2.19. The van der Waals surface area contributed by atoms with Crippen LogP contribution in [0.5, 0.6) is 0 Å². The first-order valence-electron chi connectivity index (χ1n) is 5.92. The molecule has 0 aromatic heterocycles. The van der Waals surface area contributed by atoms with Gasteiger partial charge < -0.3 is 15.4 Å². The molecule has 0 unspecified atom stereocenters. The Kier molecular flexibility index (Phi) is 3.98. The number of amides is 1. The van der Waals surface area contributed by atoms with E-state index in [-0.39, 0.29) is 12.1 Å². The van der Waals surface area contributed by atoms with E-state index in [0.29, 0.717) is 12.6 Å².